The molecule has 18 heavy (non-hydrogen) atoms. The van der Waals surface area contributed by atoms with E-state index in [1.54, 1.807) is 19.2 Å². The average Bonchev–Trinajstić information content (AvgIpc) is 2.66. The Morgan fingerprint density at radius 3 is 2.61 bits per heavy atom. The minimum absolute atomic E-state index is 0.344. The lowest BCUT2D eigenvalue weighted by Gasteiger charge is -2.17. The zero-order valence-electron chi connectivity index (χ0n) is 11.1. The van der Waals surface area contributed by atoms with Crippen molar-refractivity contribution in [1.82, 2.24) is 5.32 Å². The monoisotopic (exact) mass is 249 g/mol. The summed E-state index contributed by atoms with van der Waals surface area (Å²) in [5, 5.41) is 13.4. The van der Waals surface area contributed by atoms with Crippen LogP contribution in [0.3, 0.4) is 0 Å². The van der Waals surface area contributed by atoms with Crippen LogP contribution in [0.1, 0.15) is 44.1 Å². The van der Waals surface area contributed by atoms with Crippen LogP contribution < -0.4 is 10.1 Å². The van der Waals surface area contributed by atoms with Gasteiger partial charge in [-0.1, -0.05) is 25.7 Å². The van der Waals surface area contributed by atoms with E-state index in [1.165, 1.54) is 38.5 Å². The number of benzene rings is 1. The van der Waals surface area contributed by atoms with Gasteiger partial charge >= 0.3 is 0 Å². The number of rotatable bonds is 4. The Morgan fingerprint density at radius 1 is 1.22 bits per heavy atom. The predicted octanol–water partition coefficient (Wildman–Crippen LogP) is 3.21. The second-order valence-electron chi connectivity index (χ2n) is 5.06. The Morgan fingerprint density at radius 2 is 1.94 bits per heavy atom. The minimum Gasteiger partial charge on any atom is -0.508 e. The molecule has 0 spiro atoms. The maximum Gasteiger partial charge on any atom is 0.120 e. The molecule has 1 fully saturated rings. The fourth-order valence-electron chi connectivity index (χ4n) is 2.57. The summed E-state index contributed by atoms with van der Waals surface area (Å²) in [6.45, 7) is 0.716. The molecule has 3 nitrogen and oxygen atoms in total. The molecule has 2 rings (SSSR count). The van der Waals surface area contributed by atoms with E-state index in [0.717, 1.165) is 11.3 Å². The van der Waals surface area contributed by atoms with Gasteiger partial charge in [-0.15, -0.1) is 0 Å². The van der Waals surface area contributed by atoms with Crippen LogP contribution in [-0.2, 0) is 6.54 Å². The number of ether oxygens (including phenoxy) is 1. The third-order valence-electron chi connectivity index (χ3n) is 3.72. The summed E-state index contributed by atoms with van der Waals surface area (Å²) < 4.78 is 5.18. The topological polar surface area (TPSA) is 41.5 Å². The van der Waals surface area contributed by atoms with Crippen LogP contribution in [0.4, 0.5) is 0 Å². The van der Waals surface area contributed by atoms with Gasteiger partial charge in [0.1, 0.15) is 11.5 Å². The molecule has 0 atom stereocenters. The zero-order chi connectivity index (χ0) is 12.8. The number of phenolic OH excluding ortho intramolecular Hbond substituents is 1. The van der Waals surface area contributed by atoms with Gasteiger partial charge in [-0.05, 0) is 31.0 Å². The summed E-state index contributed by atoms with van der Waals surface area (Å²) in [6.07, 6.45) is 7.88. The molecule has 0 unspecified atom stereocenters. The van der Waals surface area contributed by atoms with Crippen molar-refractivity contribution in [3.05, 3.63) is 23.8 Å². The largest absolute Gasteiger partial charge is 0.508 e. The van der Waals surface area contributed by atoms with Gasteiger partial charge in [-0.25, -0.2) is 0 Å². The Kier molecular flexibility index (Phi) is 4.88. The molecule has 3 heteroatoms. The molecule has 0 bridgehead atoms. The Bertz CT molecular complexity index is 371. The minimum atomic E-state index is 0.344. The van der Waals surface area contributed by atoms with Gasteiger partial charge in [-0.3, -0.25) is 0 Å². The van der Waals surface area contributed by atoms with Crippen LogP contribution in [-0.4, -0.2) is 18.3 Å². The van der Waals surface area contributed by atoms with E-state index in [2.05, 4.69) is 5.32 Å². The molecule has 0 aromatic heterocycles. The summed E-state index contributed by atoms with van der Waals surface area (Å²) in [7, 11) is 1.65. The van der Waals surface area contributed by atoms with Crippen LogP contribution in [0.5, 0.6) is 11.5 Å². The molecular weight excluding hydrogens is 226 g/mol. The van der Waals surface area contributed by atoms with Crippen LogP contribution in [0.2, 0.25) is 0 Å². The number of hydrogen-bond donors (Lipinski definition) is 2. The first-order valence-electron chi connectivity index (χ1n) is 6.89. The lowest BCUT2D eigenvalue weighted by atomic mass is 10.1. The first-order valence-corrected chi connectivity index (χ1v) is 6.89. The second kappa shape index (κ2) is 6.64. The smallest absolute Gasteiger partial charge is 0.120 e. The van der Waals surface area contributed by atoms with Crippen LogP contribution >= 0.6 is 0 Å². The molecule has 0 saturated heterocycles. The van der Waals surface area contributed by atoms with E-state index in [9.17, 15) is 5.11 Å². The Balaban J connectivity index is 1.92. The van der Waals surface area contributed by atoms with Crippen molar-refractivity contribution in [2.75, 3.05) is 7.11 Å². The van der Waals surface area contributed by atoms with E-state index in [0.29, 0.717) is 18.3 Å². The maximum atomic E-state index is 9.82. The number of phenols is 1. The Labute approximate surface area is 109 Å². The summed E-state index contributed by atoms with van der Waals surface area (Å²) in [4.78, 5) is 0. The summed E-state index contributed by atoms with van der Waals surface area (Å²) >= 11 is 0. The molecule has 0 aliphatic heterocycles. The zero-order valence-corrected chi connectivity index (χ0v) is 11.1. The van der Waals surface area contributed by atoms with Gasteiger partial charge in [-0.2, -0.15) is 0 Å². The Hall–Kier alpha value is -1.22. The van der Waals surface area contributed by atoms with Gasteiger partial charge in [0, 0.05) is 18.2 Å². The summed E-state index contributed by atoms with van der Waals surface area (Å²) in [5.41, 5.74) is 0.915. The van der Waals surface area contributed by atoms with Crippen molar-refractivity contribution in [3.8, 4) is 11.5 Å². The van der Waals surface area contributed by atoms with Crippen LogP contribution in [0.25, 0.3) is 0 Å². The third-order valence-corrected chi connectivity index (χ3v) is 3.72. The van der Waals surface area contributed by atoms with Crippen molar-refractivity contribution >= 4 is 0 Å². The predicted molar refractivity (Wildman–Crippen MR) is 73.0 cm³/mol. The normalized spacial score (nSPS) is 17.4. The first kappa shape index (κ1) is 13.2. The molecule has 1 saturated carbocycles. The molecule has 0 amide bonds. The van der Waals surface area contributed by atoms with Crippen molar-refractivity contribution in [1.29, 1.82) is 0 Å². The molecule has 1 aromatic rings. The lowest BCUT2D eigenvalue weighted by molar-refractivity contribution is 0.407. The lowest BCUT2D eigenvalue weighted by Crippen LogP contribution is -2.27. The number of methoxy groups -OCH3 is 1. The van der Waals surface area contributed by atoms with Crippen molar-refractivity contribution < 1.29 is 9.84 Å². The van der Waals surface area contributed by atoms with Gasteiger partial charge in [0.05, 0.1) is 7.11 Å². The SMILES string of the molecule is COc1ccc(O)c(CNC2CCCCCC2)c1. The van der Waals surface area contributed by atoms with Gasteiger partial charge in [0.15, 0.2) is 0 Å². The second-order valence-corrected chi connectivity index (χ2v) is 5.06. The molecular formula is C15H23NO2. The highest BCUT2D eigenvalue weighted by molar-refractivity contribution is 5.39. The van der Waals surface area contributed by atoms with E-state index in [4.69, 9.17) is 4.74 Å². The maximum absolute atomic E-state index is 9.82. The highest BCUT2D eigenvalue weighted by Crippen LogP contribution is 2.23. The van der Waals surface area contributed by atoms with Gasteiger partial charge in [0.25, 0.3) is 0 Å². The van der Waals surface area contributed by atoms with E-state index < -0.39 is 0 Å². The number of nitrogens with one attached hydrogen (secondary N) is 1. The highest BCUT2D eigenvalue weighted by atomic mass is 16.5. The van der Waals surface area contributed by atoms with Crippen LogP contribution in [0.15, 0.2) is 18.2 Å². The van der Waals surface area contributed by atoms with Crippen molar-refractivity contribution in [2.45, 2.75) is 51.1 Å². The quantitative estimate of drug-likeness (QED) is 0.805. The van der Waals surface area contributed by atoms with Gasteiger partial charge in [0.2, 0.25) is 0 Å². The van der Waals surface area contributed by atoms with E-state index in [1.807, 2.05) is 6.07 Å². The highest BCUT2D eigenvalue weighted by Gasteiger charge is 2.12. The average molecular weight is 249 g/mol. The van der Waals surface area contributed by atoms with Gasteiger partial charge < -0.3 is 15.2 Å². The van der Waals surface area contributed by atoms with Crippen molar-refractivity contribution in [2.24, 2.45) is 0 Å². The van der Waals surface area contributed by atoms with Crippen LogP contribution in [0, 0.1) is 0 Å². The summed E-state index contributed by atoms with van der Waals surface area (Å²) in [6, 6.07) is 5.98. The standard InChI is InChI=1S/C15H23NO2/c1-18-14-8-9-15(17)12(10-14)11-16-13-6-4-2-3-5-7-13/h8-10,13,16-17H,2-7,11H2,1H3. The molecule has 0 radical (unpaired) electrons. The molecule has 1 aromatic carbocycles. The first-order chi connectivity index (χ1) is 8.79. The molecule has 1 aliphatic carbocycles. The van der Waals surface area contributed by atoms with E-state index in [-0.39, 0.29) is 0 Å². The molecule has 2 N–H and O–H groups in total. The van der Waals surface area contributed by atoms with Crippen molar-refractivity contribution in [3.63, 3.8) is 0 Å². The molecule has 1 aliphatic rings. The molecule has 0 heterocycles. The third kappa shape index (κ3) is 3.64. The summed E-state index contributed by atoms with van der Waals surface area (Å²) in [5.74, 6) is 1.14. The molecule has 100 valence electrons. The number of hydrogen-bond acceptors (Lipinski definition) is 3. The fraction of sp³-hybridized carbons (Fsp3) is 0.600. The fourth-order valence-corrected chi connectivity index (χ4v) is 2.57. The van der Waals surface area contributed by atoms with E-state index >= 15 is 0 Å². The number of aromatic hydroxyl groups is 1.